The van der Waals surface area contributed by atoms with Crippen LogP contribution in [0.2, 0.25) is 5.02 Å². The summed E-state index contributed by atoms with van der Waals surface area (Å²) in [6, 6.07) is 15.8. The lowest BCUT2D eigenvalue weighted by atomic mass is 10.0. The number of aromatic nitrogens is 3. The summed E-state index contributed by atoms with van der Waals surface area (Å²) in [5.41, 5.74) is 3.15. The van der Waals surface area contributed by atoms with Gasteiger partial charge in [-0.25, -0.2) is 4.68 Å². The van der Waals surface area contributed by atoms with Gasteiger partial charge in [-0.2, -0.15) is 10.1 Å². The second-order valence-corrected chi connectivity index (χ2v) is 6.12. The van der Waals surface area contributed by atoms with Gasteiger partial charge in [0.05, 0.1) is 6.61 Å². The summed E-state index contributed by atoms with van der Waals surface area (Å²) in [6.07, 6.45) is 3.70. The van der Waals surface area contributed by atoms with Crippen molar-refractivity contribution in [2.24, 2.45) is 0 Å². The molecule has 0 saturated carbocycles. The Hall–Kier alpha value is -2.79. The zero-order chi connectivity index (χ0) is 17.2. The van der Waals surface area contributed by atoms with E-state index in [2.05, 4.69) is 33.6 Å². The molecule has 0 spiro atoms. The lowest BCUT2D eigenvalue weighted by Crippen LogP contribution is -2.20. The lowest BCUT2D eigenvalue weighted by molar-refractivity contribution is 0.340. The van der Waals surface area contributed by atoms with Crippen molar-refractivity contribution in [1.29, 1.82) is 0 Å². The van der Waals surface area contributed by atoms with Gasteiger partial charge in [-0.05, 0) is 48.4 Å². The van der Waals surface area contributed by atoms with Gasteiger partial charge in [-0.15, -0.1) is 0 Å². The van der Waals surface area contributed by atoms with E-state index in [1.54, 1.807) is 6.33 Å². The van der Waals surface area contributed by atoms with Crippen molar-refractivity contribution in [2.75, 3.05) is 11.9 Å². The average molecular weight is 353 g/mol. The molecule has 3 aromatic rings. The van der Waals surface area contributed by atoms with Gasteiger partial charge >= 0.3 is 0 Å². The maximum Gasteiger partial charge on any atom is 0.226 e. The highest BCUT2D eigenvalue weighted by Crippen LogP contribution is 2.32. The second kappa shape index (κ2) is 6.61. The molecule has 0 saturated heterocycles. The third-order valence-corrected chi connectivity index (χ3v) is 4.35. The standard InChI is InChI=1S/C19H17ClN4O/c1-2-25-16-9-5-14(6-10-16)18-11-17(13-3-7-15(20)8-4-13)23-19-21-12-22-24(18)19/h3-12,18H,2H2,1H3,(H,21,22,23). The molecular weight excluding hydrogens is 336 g/mol. The molecule has 25 heavy (non-hydrogen) atoms. The van der Waals surface area contributed by atoms with Crippen LogP contribution in [0.4, 0.5) is 5.95 Å². The van der Waals surface area contributed by atoms with E-state index in [9.17, 15) is 0 Å². The first-order valence-electron chi connectivity index (χ1n) is 8.11. The first-order chi connectivity index (χ1) is 12.2. The van der Waals surface area contributed by atoms with Gasteiger partial charge in [0.15, 0.2) is 0 Å². The number of ether oxygens (including phenoxy) is 1. The third-order valence-electron chi connectivity index (χ3n) is 4.10. The number of fused-ring (bicyclic) bond motifs is 1. The van der Waals surface area contributed by atoms with Gasteiger partial charge in [-0.1, -0.05) is 35.9 Å². The van der Waals surface area contributed by atoms with Crippen LogP contribution in [0.5, 0.6) is 5.75 Å². The van der Waals surface area contributed by atoms with Crippen LogP contribution in [0.25, 0.3) is 5.70 Å². The molecule has 1 atom stereocenters. The molecule has 2 aromatic carbocycles. The molecule has 126 valence electrons. The van der Waals surface area contributed by atoms with Crippen molar-refractivity contribution in [3.63, 3.8) is 0 Å². The first-order valence-corrected chi connectivity index (χ1v) is 8.49. The molecule has 0 bridgehead atoms. The molecule has 0 radical (unpaired) electrons. The van der Waals surface area contributed by atoms with E-state index in [0.717, 1.165) is 22.6 Å². The molecule has 0 fully saturated rings. The minimum absolute atomic E-state index is 0.0416. The molecule has 4 rings (SSSR count). The van der Waals surface area contributed by atoms with Crippen LogP contribution < -0.4 is 10.1 Å². The molecule has 1 aliphatic rings. The summed E-state index contributed by atoms with van der Waals surface area (Å²) in [5.74, 6) is 1.58. The van der Waals surface area contributed by atoms with Gasteiger partial charge in [0.25, 0.3) is 0 Å². The van der Waals surface area contributed by atoms with E-state index in [0.29, 0.717) is 17.6 Å². The minimum Gasteiger partial charge on any atom is -0.494 e. The SMILES string of the molecule is CCOc1ccc(C2C=C(c3ccc(Cl)cc3)Nc3ncnn32)cc1. The second-order valence-electron chi connectivity index (χ2n) is 5.69. The maximum absolute atomic E-state index is 6.00. The van der Waals surface area contributed by atoms with Crippen LogP contribution in [0, 0.1) is 0 Å². The van der Waals surface area contributed by atoms with Crippen molar-refractivity contribution in [2.45, 2.75) is 13.0 Å². The molecule has 6 heteroatoms. The molecule has 5 nitrogen and oxygen atoms in total. The molecule has 0 amide bonds. The number of nitrogens with one attached hydrogen (secondary N) is 1. The van der Waals surface area contributed by atoms with E-state index < -0.39 is 0 Å². The van der Waals surface area contributed by atoms with Crippen molar-refractivity contribution in [1.82, 2.24) is 14.8 Å². The van der Waals surface area contributed by atoms with Crippen molar-refractivity contribution >= 4 is 23.2 Å². The molecule has 1 unspecified atom stereocenters. The van der Waals surface area contributed by atoms with Crippen LogP contribution in [-0.4, -0.2) is 21.4 Å². The lowest BCUT2D eigenvalue weighted by Gasteiger charge is -2.24. The Balaban J connectivity index is 1.73. The number of hydrogen-bond acceptors (Lipinski definition) is 4. The molecule has 0 aliphatic carbocycles. The van der Waals surface area contributed by atoms with Crippen LogP contribution in [0.15, 0.2) is 60.9 Å². The van der Waals surface area contributed by atoms with Gasteiger partial charge in [0.1, 0.15) is 18.1 Å². The van der Waals surface area contributed by atoms with Crippen molar-refractivity contribution in [3.05, 3.63) is 77.1 Å². The highest BCUT2D eigenvalue weighted by atomic mass is 35.5. The number of halogens is 1. The predicted octanol–water partition coefficient (Wildman–Crippen LogP) is 4.39. The number of benzene rings is 2. The summed E-state index contributed by atoms with van der Waals surface area (Å²) in [7, 11) is 0. The fourth-order valence-corrected chi connectivity index (χ4v) is 3.02. The van der Waals surface area contributed by atoms with Crippen LogP contribution in [0.3, 0.4) is 0 Å². The third kappa shape index (κ3) is 3.10. The molecule has 1 N–H and O–H groups in total. The zero-order valence-electron chi connectivity index (χ0n) is 13.7. The molecule has 2 heterocycles. The van der Waals surface area contributed by atoms with Crippen LogP contribution in [-0.2, 0) is 0 Å². The van der Waals surface area contributed by atoms with Crippen LogP contribution in [0.1, 0.15) is 24.1 Å². The number of allylic oxidation sites excluding steroid dienone is 1. The smallest absolute Gasteiger partial charge is 0.226 e. The highest BCUT2D eigenvalue weighted by Gasteiger charge is 2.23. The van der Waals surface area contributed by atoms with E-state index in [-0.39, 0.29) is 6.04 Å². The monoisotopic (exact) mass is 352 g/mol. The molecule has 1 aromatic heterocycles. The Labute approximate surface area is 150 Å². The Kier molecular flexibility index (Phi) is 4.15. The largest absolute Gasteiger partial charge is 0.494 e. The summed E-state index contributed by atoms with van der Waals surface area (Å²) in [6.45, 7) is 2.63. The Bertz CT molecular complexity index is 900. The Morgan fingerprint density at radius 3 is 2.60 bits per heavy atom. The quantitative estimate of drug-likeness (QED) is 0.756. The van der Waals surface area contributed by atoms with Crippen molar-refractivity contribution < 1.29 is 4.74 Å². The van der Waals surface area contributed by atoms with Gasteiger partial charge in [0.2, 0.25) is 5.95 Å². The number of hydrogen-bond donors (Lipinski definition) is 1. The van der Waals surface area contributed by atoms with E-state index in [4.69, 9.17) is 16.3 Å². The van der Waals surface area contributed by atoms with Gasteiger partial charge in [0, 0.05) is 10.7 Å². The maximum atomic E-state index is 6.00. The minimum atomic E-state index is -0.0416. The number of rotatable bonds is 4. The summed E-state index contributed by atoms with van der Waals surface area (Å²) < 4.78 is 7.40. The Morgan fingerprint density at radius 1 is 1.12 bits per heavy atom. The van der Waals surface area contributed by atoms with E-state index in [1.807, 2.05) is 48.0 Å². The van der Waals surface area contributed by atoms with E-state index >= 15 is 0 Å². The molecular formula is C19H17ClN4O. The highest BCUT2D eigenvalue weighted by molar-refractivity contribution is 6.30. The fraction of sp³-hybridized carbons (Fsp3) is 0.158. The zero-order valence-corrected chi connectivity index (χ0v) is 14.4. The summed E-state index contributed by atoms with van der Waals surface area (Å²) >= 11 is 6.00. The van der Waals surface area contributed by atoms with Crippen LogP contribution >= 0.6 is 11.6 Å². The normalized spacial score (nSPS) is 15.9. The number of nitrogens with zero attached hydrogens (tertiary/aromatic N) is 3. The topological polar surface area (TPSA) is 52.0 Å². The number of anilines is 1. The fourth-order valence-electron chi connectivity index (χ4n) is 2.90. The van der Waals surface area contributed by atoms with Gasteiger partial charge < -0.3 is 10.1 Å². The van der Waals surface area contributed by atoms with E-state index in [1.165, 1.54) is 0 Å². The summed E-state index contributed by atoms with van der Waals surface area (Å²) in [5, 5.41) is 8.40. The first kappa shape index (κ1) is 15.7. The summed E-state index contributed by atoms with van der Waals surface area (Å²) in [4.78, 5) is 4.32. The average Bonchev–Trinajstić information content (AvgIpc) is 3.11. The van der Waals surface area contributed by atoms with Crippen molar-refractivity contribution in [3.8, 4) is 5.75 Å². The Morgan fingerprint density at radius 2 is 1.88 bits per heavy atom. The predicted molar refractivity (Wildman–Crippen MR) is 98.8 cm³/mol. The molecule has 1 aliphatic heterocycles. The van der Waals surface area contributed by atoms with Gasteiger partial charge in [-0.3, -0.25) is 0 Å².